The van der Waals surface area contributed by atoms with Gasteiger partial charge in [0, 0.05) is 5.56 Å². The van der Waals surface area contributed by atoms with E-state index < -0.39 is 0 Å². The lowest BCUT2D eigenvalue weighted by atomic mass is 10.1. The van der Waals surface area contributed by atoms with E-state index in [0.29, 0.717) is 5.82 Å². The quantitative estimate of drug-likeness (QED) is 0.705. The zero-order valence-corrected chi connectivity index (χ0v) is 14.1. The third-order valence-corrected chi connectivity index (χ3v) is 4.95. The number of hydrogen-bond donors (Lipinski definition) is 0. The Morgan fingerprint density at radius 2 is 1.83 bits per heavy atom. The summed E-state index contributed by atoms with van der Waals surface area (Å²) in [6.07, 6.45) is 0. The van der Waals surface area contributed by atoms with Crippen molar-refractivity contribution in [1.29, 1.82) is 0 Å². The first-order valence-corrected chi connectivity index (χ1v) is 8.54. The van der Waals surface area contributed by atoms with Crippen molar-refractivity contribution in [3.05, 3.63) is 65.5 Å². The molecule has 0 saturated carbocycles. The number of aromatic nitrogens is 3. The summed E-state index contributed by atoms with van der Waals surface area (Å²) in [4.78, 5) is 0. The largest absolute Gasteiger partial charge is 0.213 e. The average molecular weight is 338 g/mol. The maximum atomic E-state index is 13.2. The molecule has 1 aliphatic heterocycles. The van der Waals surface area contributed by atoms with Gasteiger partial charge in [0.15, 0.2) is 5.82 Å². The van der Waals surface area contributed by atoms with Crippen molar-refractivity contribution in [2.45, 2.75) is 24.3 Å². The van der Waals surface area contributed by atoms with Crippen molar-refractivity contribution >= 4 is 17.5 Å². The van der Waals surface area contributed by atoms with Gasteiger partial charge in [-0.05, 0) is 37.6 Å². The topological polar surface area (TPSA) is 43.1 Å². The number of hydrogen-bond acceptors (Lipinski definition) is 4. The highest BCUT2D eigenvalue weighted by Crippen LogP contribution is 2.32. The lowest BCUT2D eigenvalue weighted by molar-refractivity contribution is 0.627. The summed E-state index contributed by atoms with van der Waals surface area (Å²) in [6, 6.07) is 14.5. The summed E-state index contributed by atoms with van der Waals surface area (Å²) in [5, 5.41) is 14.2. The Bertz CT molecular complexity index is 930. The molecule has 0 unspecified atom stereocenters. The summed E-state index contributed by atoms with van der Waals surface area (Å²) in [5.41, 5.74) is 3.93. The third-order valence-electron chi connectivity index (χ3n) is 3.90. The van der Waals surface area contributed by atoms with E-state index in [1.54, 1.807) is 28.6 Å². The van der Waals surface area contributed by atoms with Gasteiger partial charge in [-0.15, -0.1) is 10.2 Å². The first kappa shape index (κ1) is 15.1. The standard InChI is InChI=1S/C18H15FN4S/c1-11-4-3-5-14(10-11)17-20-21-18-23(17)22-16(12(2)24-18)13-6-8-15(19)9-7-13/h3-10,12H,1-2H3/t12-/m0/s1. The van der Waals surface area contributed by atoms with E-state index in [4.69, 9.17) is 5.10 Å². The Hall–Kier alpha value is -2.47. The van der Waals surface area contributed by atoms with Gasteiger partial charge in [0.25, 0.3) is 0 Å². The summed E-state index contributed by atoms with van der Waals surface area (Å²) in [6.45, 7) is 4.11. The molecule has 0 spiro atoms. The van der Waals surface area contributed by atoms with Crippen LogP contribution in [-0.4, -0.2) is 25.8 Å². The van der Waals surface area contributed by atoms with Gasteiger partial charge in [0.05, 0.1) is 11.0 Å². The third kappa shape index (κ3) is 2.63. The average Bonchev–Trinajstić information content (AvgIpc) is 2.97. The van der Waals surface area contributed by atoms with Crippen molar-refractivity contribution in [2.24, 2.45) is 5.10 Å². The Morgan fingerprint density at radius 3 is 2.58 bits per heavy atom. The number of halogens is 1. The van der Waals surface area contributed by atoms with Gasteiger partial charge in [0.1, 0.15) is 5.82 Å². The van der Waals surface area contributed by atoms with Gasteiger partial charge >= 0.3 is 0 Å². The van der Waals surface area contributed by atoms with Gasteiger partial charge < -0.3 is 0 Å². The first-order valence-electron chi connectivity index (χ1n) is 7.66. The normalized spacial score (nSPS) is 16.6. The molecule has 3 aromatic rings. The van der Waals surface area contributed by atoms with Crippen LogP contribution in [0.3, 0.4) is 0 Å². The van der Waals surface area contributed by atoms with Crippen LogP contribution >= 0.6 is 11.8 Å². The van der Waals surface area contributed by atoms with E-state index in [2.05, 4.69) is 23.2 Å². The van der Waals surface area contributed by atoms with Crippen molar-refractivity contribution in [2.75, 3.05) is 0 Å². The predicted octanol–water partition coefficient (Wildman–Crippen LogP) is 4.14. The minimum Gasteiger partial charge on any atom is -0.207 e. The molecule has 0 saturated heterocycles. The van der Waals surface area contributed by atoms with E-state index in [1.165, 1.54) is 12.1 Å². The van der Waals surface area contributed by atoms with Crippen LogP contribution in [0.2, 0.25) is 0 Å². The molecule has 4 rings (SSSR count). The summed E-state index contributed by atoms with van der Waals surface area (Å²) < 4.78 is 15.0. The first-order chi connectivity index (χ1) is 11.6. The molecule has 0 aliphatic carbocycles. The molecular formula is C18H15FN4S. The highest BCUT2D eigenvalue weighted by atomic mass is 32.2. The smallest absolute Gasteiger partial charge is 0.207 e. The Labute approximate surface area is 143 Å². The SMILES string of the molecule is Cc1cccc(-c2nnc3n2N=C(c2ccc(F)cc2)[C@H](C)S3)c1. The number of thioether (sulfide) groups is 1. The molecule has 4 nitrogen and oxygen atoms in total. The number of benzene rings is 2. The highest BCUT2D eigenvalue weighted by Gasteiger charge is 2.26. The summed E-state index contributed by atoms with van der Waals surface area (Å²) in [5.74, 6) is 0.466. The van der Waals surface area contributed by atoms with Crippen molar-refractivity contribution in [3.8, 4) is 11.4 Å². The Balaban J connectivity index is 1.83. The van der Waals surface area contributed by atoms with Crippen LogP contribution in [-0.2, 0) is 0 Å². The summed E-state index contributed by atoms with van der Waals surface area (Å²) in [7, 11) is 0. The summed E-state index contributed by atoms with van der Waals surface area (Å²) >= 11 is 1.60. The number of rotatable bonds is 2. The van der Waals surface area contributed by atoms with Crippen LogP contribution < -0.4 is 0 Å². The lowest BCUT2D eigenvalue weighted by Crippen LogP contribution is -2.21. The highest BCUT2D eigenvalue weighted by molar-refractivity contribution is 8.00. The van der Waals surface area contributed by atoms with Crippen LogP contribution in [0.5, 0.6) is 0 Å². The van der Waals surface area contributed by atoms with Crippen LogP contribution in [0.25, 0.3) is 11.4 Å². The number of aryl methyl sites for hydroxylation is 1. The fraction of sp³-hybridized carbons (Fsp3) is 0.167. The van der Waals surface area contributed by atoms with Crippen molar-refractivity contribution in [3.63, 3.8) is 0 Å². The van der Waals surface area contributed by atoms with Crippen LogP contribution in [0.1, 0.15) is 18.1 Å². The maximum Gasteiger partial charge on any atom is 0.213 e. The molecule has 0 N–H and O–H groups in total. The molecule has 2 aromatic carbocycles. The van der Waals surface area contributed by atoms with Gasteiger partial charge in [-0.3, -0.25) is 0 Å². The molecule has 2 heterocycles. The second kappa shape index (κ2) is 5.87. The molecule has 120 valence electrons. The Kier molecular flexibility index (Phi) is 3.69. The monoisotopic (exact) mass is 338 g/mol. The van der Waals surface area contributed by atoms with Crippen LogP contribution in [0.15, 0.2) is 58.8 Å². The fourth-order valence-electron chi connectivity index (χ4n) is 2.71. The van der Waals surface area contributed by atoms with E-state index in [1.807, 2.05) is 25.1 Å². The maximum absolute atomic E-state index is 13.2. The van der Waals surface area contributed by atoms with Crippen LogP contribution in [0, 0.1) is 12.7 Å². The zero-order valence-electron chi connectivity index (χ0n) is 13.3. The predicted molar refractivity (Wildman–Crippen MR) is 93.8 cm³/mol. The molecule has 1 aromatic heterocycles. The zero-order chi connectivity index (χ0) is 16.7. The second-order valence-corrected chi connectivity index (χ2v) is 7.05. The molecule has 0 amide bonds. The second-order valence-electron chi connectivity index (χ2n) is 5.74. The van der Waals surface area contributed by atoms with Gasteiger partial charge in [-0.25, -0.2) is 4.39 Å². The molecule has 6 heteroatoms. The van der Waals surface area contributed by atoms with Crippen LogP contribution in [0.4, 0.5) is 4.39 Å². The van der Waals surface area contributed by atoms with Gasteiger partial charge in [0.2, 0.25) is 5.16 Å². The van der Waals surface area contributed by atoms with Crippen molar-refractivity contribution < 1.29 is 4.39 Å². The molecule has 1 aliphatic rings. The van der Waals surface area contributed by atoms with E-state index >= 15 is 0 Å². The number of nitrogens with zero attached hydrogens (tertiary/aromatic N) is 4. The lowest BCUT2D eigenvalue weighted by Gasteiger charge is -2.20. The fourth-order valence-corrected chi connectivity index (χ4v) is 3.64. The minimum absolute atomic E-state index is 0.123. The van der Waals surface area contributed by atoms with E-state index in [-0.39, 0.29) is 11.1 Å². The Morgan fingerprint density at radius 1 is 1.04 bits per heavy atom. The van der Waals surface area contributed by atoms with E-state index in [0.717, 1.165) is 27.6 Å². The molecule has 1 atom stereocenters. The van der Waals surface area contributed by atoms with E-state index in [9.17, 15) is 4.39 Å². The molecule has 0 fully saturated rings. The molecular weight excluding hydrogens is 323 g/mol. The van der Waals surface area contributed by atoms with Crippen molar-refractivity contribution in [1.82, 2.24) is 14.9 Å². The van der Waals surface area contributed by atoms with Gasteiger partial charge in [-0.2, -0.15) is 9.78 Å². The molecule has 0 bridgehead atoms. The molecule has 24 heavy (non-hydrogen) atoms. The molecule has 0 radical (unpaired) electrons. The minimum atomic E-state index is -0.249. The number of fused-ring (bicyclic) bond motifs is 1. The van der Waals surface area contributed by atoms with Gasteiger partial charge in [-0.1, -0.05) is 47.7 Å².